The normalized spacial score (nSPS) is 36.0. The van der Waals surface area contributed by atoms with Crippen LogP contribution in [0.5, 0.6) is 0 Å². The van der Waals surface area contributed by atoms with E-state index in [1.54, 1.807) is 0 Å². The summed E-state index contributed by atoms with van der Waals surface area (Å²) in [5, 5.41) is 0. The zero-order chi connectivity index (χ0) is 8.60. The van der Waals surface area contributed by atoms with Crippen molar-refractivity contribution in [1.82, 2.24) is 4.90 Å². The van der Waals surface area contributed by atoms with Gasteiger partial charge in [-0.25, -0.2) is 0 Å². The minimum atomic E-state index is 0.284. The summed E-state index contributed by atoms with van der Waals surface area (Å²) in [5.41, 5.74) is 0.284. The zero-order valence-electron chi connectivity index (χ0n) is 8.18. The van der Waals surface area contributed by atoms with Crippen molar-refractivity contribution < 1.29 is 4.74 Å². The number of piperidine rings is 1. The van der Waals surface area contributed by atoms with Gasteiger partial charge in [-0.15, -0.1) is 0 Å². The van der Waals surface area contributed by atoms with Gasteiger partial charge in [-0.3, -0.25) is 0 Å². The third-order valence-electron chi connectivity index (χ3n) is 3.29. The third-order valence-corrected chi connectivity index (χ3v) is 3.29. The molecule has 0 aromatic heterocycles. The first kappa shape index (κ1) is 8.52. The van der Waals surface area contributed by atoms with Crippen LogP contribution in [0, 0.1) is 5.92 Å². The Morgan fingerprint density at radius 1 is 1.33 bits per heavy atom. The molecule has 2 aliphatic rings. The van der Waals surface area contributed by atoms with Crippen LogP contribution in [0.15, 0.2) is 0 Å². The first-order valence-electron chi connectivity index (χ1n) is 5.03. The van der Waals surface area contributed by atoms with Crippen LogP contribution in [0.3, 0.4) is 0 Å². The van der Waals surface area contributed by atoms with Crippen molar-refractivity contribution in [2.75, 3.05) is 26.7 Å². The largest absolute Gasteiger partial charge is 0.375 e. The number of likely N-dealkylation sites (tertiary alicyclic amines) is 1. The van der Waals surface area contributed by atoms with Gasteiger partial charge >= 0.3 is 0 Å². The third kappa shape index (κ3) is 1.50. The van der Waals surface area contributed by atoms with Crippen molar-refractivity contribution in [2.45, 2.75) is 31.8 Å². The van der Waals surface area contributed by atoms with Gasteiger partial charge in [0.2, 0.25) is 0 Å². The molecule has 12 heavy (non-hydrogen) atoms. The molecule has 2 aliphatic heterocycles. The summed E-state index contributed by atoms with van der Waals surface area (Å²) in [4.78, 5) is 2.40. The van der Waals surface area contributed by atoms with E-state index in [0.717, 1.165) is 12.5 Å². The van der Waals surface area contributed by atoms with Gasteiger partial charge in [0, 0.05) is 19.7 Å². The Morgan fingerprint density at radius 3 is 2.50 bits per heavy atom. The van der Waals surface area contributed by atoms with E-state index in [1.807, 2.05) is 0 Å². The van der Waals surface area contributed by atoms with Gasteiger partial charge < -0.3 is 9.64 Å². The summed E-state index contributed by atoms with van der Waals surface area (Å²) < 4.78 is 5.92. The Kier molecular flexibility index (Phi) is 2.13. The molecule has 0 saturated carbocycles. The Bertz CT molecular complexity index is 161. The quantitative estimate of drug-likeness (QED) is 0.545. The predicted octanol–water partition coefficient (Wildman–Crippen LogP) is 1.51. The van der Waals surface area contributed by atoms with Crippen molar-refractivity contribution in [3.05, 3.63) is 0 Å². The molecular formula is C10H19NO. The molecule has 0 amide bonds. The SMILES string of the molecule is CC1COC2(CCN(C)CC2)C1. The molecule has 2 heterocycles. The topological polar surface area (TPSA) is 12.5 Å². The van der Waals surface area contributed by atoms with Gasteiger partial charge in [0.1, 0.15) is 0 Å². The van der Waals surface area contributed by atoms with E-state index in [4.69, 9.17) is 4.74 Å². The predicted molar refractivity (Wildman–Crippen MR) is 49.2 cm³/mol. The van der Waals surface area contributed by atoms with Crippen molar-refractivity contribution in [3.8, 4) is 0 Å². The molecule has 1 unspecified atom stereocenters. The fraction of sp³-hybridized carbons (Fsp3) is 1.00. The first-order valence-corrected chi connectivity index (χ1v) is 5.03. The van der Waals surface area contributed by atoms with Crippen LogP contribution in [-0.4, -0.2) is 37.2 Å². The van der Waals surface area contributed by atoms with Crippen molar-refractivity contribution >= 4 is 0 Å². The molecule has 1 spiro atoms. The molecular weight excluding hydrogens is 150 g/mol. The molecule has 1 atom stereocenters. The molecule has 0 N–H and O–H groups in total. The van der Waals surface area contributed by atoms with Gasteiger partial charge in [-0.2, -0.15) is 0 Å². The minimum Gasteiger partial charge on any atom is -0.375 e. The smallest absolute Gasteiger partial charge is 0.0710 e. The second-order valence-corrected chi connectivity index (χ2v) is 4.61. The van der Waals surface area contributed by atoms with E-state index in [2.05, 4.69) is 18.9 Å². The number of rotatable bonds is 0. The minimum absolute atomic E-state index is 0.284. The maximum absolute atomic E-state index is 5.92. The summed E-state index contributed by atoms with van der Waals surface area (Å²) in [7, 11) is 2.20. The van der Waals surface area contributed by atoms with E-state index < -0.39 is 0 Å². The van der Waals surface area contributed by atoms with Crippen LogP contribution in [0.25, 0.3) is 0 Å². The number of nitrogens with zero attached hydrogens (tertiary/aromatic N) is 1. The van der Waals surface area contributed by atoms with E-state index >= 15 is 0 Å². The lowest BCUT2D eigenvalue weighted by Gasteiger charge is -2.37. The van der Waals surface area contributed by atoms with Gasteiger partial charge in [0.15, 0.2) is 0 Å². The second-order valence-electron chi connectivity index (χ2n) is 4.61. The Morgan fingerprint density at radius 2 is 2.00 bits per heavy atom. The van der Waals surface area contributed by atoms with Crippen LogP contribution < -0.4 is 0 Å². The van der Waals surface area contributed by atoms with Crippen molar-refractivity contribution in [3.63, 3.8) is 0 Å². The van der Waals surface area contributed by atoms with Crippen LogP contribution in [-0.2, 0) is 4.74 Å². The Hall–Kier alpha value is -0.0800. The van der Waals surface area contributed by atoms with Gasteiger partial charge in [0.25, 0.3) is 0 Å². The summed E-state index contributed by atoms with van der Waals surface area (Å²) >= 11 is 0. The maximum atomic E-state index is 5.92. The average Bonchev–Trinajstić information content (AvgIpc) is 2.40. The van der Waals surface area contributed by atoms with Crippen LogP contribution in [0.4, 0.5) is 0 Å². The average molecular weight is 169 g/mol. The fourth-order valence-corrected chi connectivity index (χ4v) is 2.45. The molecule has 0 aliphatic carbocycles. The monoisotopic (exact) mass is 169 g/mol. The van der Waals surface area contributed by atoms with Crippen LogP contribution in [0.2, 0.25) is 0 Å². The van der Waals surface area contributed by atoms with Gasteiger partial charge in [-0.1, -0.05) is 6.92 Å². The van der Waals surface area contributed by atoms with Gasteiger partial charge in [-0.05, 0) is 32.2 Å². The Labute approximate surface area is 74.9 Å². The first-order chi connectivity index (χ1) is 5.70. The highest BCUT2D eigenvalue weighted by Crippen LogP contribution is 2.37. The van der Waals surface area contributed by atoms with Crippen LogP contribution in [0.1, 0.15) is 26.2 Å². The van der Waals surface area contributed by atoms with Crippen LogP contribution >= 0.6 is 0 Å². The molecule has 0 aromatic carbocycles. The van der Waals surface area contributed by atoms with E-state index in [1.165, 1.54) is 32.4 Å². The summed E-state index contributed by atoms with van der Waals surface area (Å²) in [6.07, 6.45) is 3.78. The maximum Gasteiger partial charge on any atom is 0.0710 e. The van der Waals surface area contributed by atoms with Crippen molar-refractivity contribution in [2.24, 2.45) is 5.92 Å². The lowest BCUT2D eigenvalue weighted by molar-refractivity contribution is -0.0394. The second kappa shape index (κ2) is 3.00. The molecule has 2 saturated heterocycles. The zero-order valence-corrected chi connectivity index (χ0v) is 8.18. The molecule has 2 fully saturated rings. The van der Waals surface area contributed by atoms with E-state index in [0.29, 0.717) is 0 Å². The molecule has 2 nitrogen and oxygen atoms in total. The highest BCUT2D eigenvalue weighted by Gasteiger charge is 2.40. The number of hydrogen-bond acceptors (Lipinski definition) is 2. The summed E-state index contributed by atoms with van der Waals surface area (Å²) in [6, 6.07) is 0. The van der Waals surface area contributed by atoms with E-state index in [9.17, 15) is 0 Å². The summed E-state index contributed by atoms with van der Waals surface area (Å²) in [6.45, 7) is 5.72. The van der Waals surface area contributed by atoms with Gasteiger partial charge in [0.05, 0.1) is 5.60 Å². The molecule has 2 rings (SSSR count). The summed E-state index contributed by atoms with van der Waals surface area (Å²) in [5.74, 6) is 0.786. The molecule has 0 radical (unpaired) electrons. The molecule has 0 aromatic rings. The van der Waals surface area contributed by atoms with Crippen molar-refractivity contribution in [1.29, 1.82) is 0 Å². The standard InChI is InChI=1S/C10H19NO/c1-9-7-10(12-8-9)3-5-11(2)6-4-10/h9H,3-8H2,1-2H3. The number of ether oxygens (including phenoxy) is 1. The number of hydrogen-bond donors (Lipinski definition) is 0. The highest BCUT2D eigenvalue weighted by atomic mass is 16.5. The lowest BCUT2D eigenvalue weighted by atomic mass is 9.86. The molecule has 0 bridgehead atoms. The fourth-order valence-electron chi connectivity index (χ4n) is 2.45. The Balaban J connectivity index is 1.95. The van der Waals surface area contributed by atoms with E-state index in [-0.39, 0.29) is 5.60 Å². The lowest BCUT2D eigenvalue weighted by Crippen LogP contribution is -2.42. The molecule has 70 valence electrons. The molecule has 2 heteroatoms. The highest BCUT2D eigenvalue weighted by molar-refractivity contribution is 4.91.